The number of hydrogen-bond donors (Lipinski definition) is 0. The van der Waals surface area contributed by atoms with Crippen molar-refractivity contribution in [3.8, 4) is 17.1 Å². The zero-order valence-corrected chi connectivity index (χ0v) is 14.1. The van der Waals surface area contributed by atoms with Crippen LogP contribution in [0.15, 0.2) is 53.1 Å². The highest BCUT2D eigenvalue weighted by atomic mass is 19.1. The highest BCUT2D eigenvalue weighted by Crippen LogP contribution is 2.32. The van der Waals surface area contributed by atoms with E-state index in [0.29, 0.717) is 12.4 Å². The van der Waals surface area contributed by atoms with Crippen LogP contribution in [0.4, 0.5) is 10.1 Å². The fourth-order valence-corrected chi connectivity index (χ4v) is 3.04. The number of carbonyl (C=O) groups excluding carboxylic acids is 1. The standard InChI is InChI=1S/C19H16FN3O3/c1-25-14-8-6-13(7-9-14)23-11-12(10-17(23)24)19-21-18(22-26-19)15-4-2-3-5-16(15)20/h2-9,12H,10-11H2,1H3. The Bertz CT molecular complexity index is 939. The Labute approximate surface area is 149 Å². The second kappa shape index (κ2) is 6.59. The molecular weight excluding hydrogens is 337 g/mol. The van der Waals surface area contributed by atoms with Crippen molar-refractivity contribution in [3.63, 3.8) is 0 Å². The van der Waals surface area contributed by atoms with E-state index in [9.17, 15) is 9.18 Å². The molecule has 0 radical (unpaired) electrons. The summed E-state index contributed by atoms with van der Waals surface area (Å²) >= 11 is 0. The van der Waals surface area contributed by atoms with Crippen LogP contribution in [0.2, 0.25) is 0 Å². The molecule has 1 aliphatic heterocycles. The van der Waals surface area contributed by atoms with Gasteiger partial charge in [0.25, 0.3) is 0 Å². The van der Waals surface area contributed by atoms with Crippen LogP contribution >= 0.6 is 0 Å². The minimum Gasteiger partial charge on any atom is -0.497 e. The Kier molecular flexibility index (Phi) is 4.12. The van der Waals surface area contributed by atoms with Crippen LogP contribution < -0.4 is 9.64 Å². The second-order valence-corrected chi connectivity index (χ2v) is 6.04. The summed E-state index contributed by atoms with van der Waals surface area (Å²) in [5.74, 6) is 0.593. The number of aromatic nitrogens is 2. The molecule has 1 aromatic heterocycles. The summed E-state index contributed by atoms with van der Waals surface area (Å²) in [6.45, 7) is 0.435. The molecule has 0 spiro atoms. The van der Waals surface area contributed by atoms with Gasteiger partial charge in [-0.15, -0.1) is 0 Å². The second-order valence-electron chi connectivity index (χ2n) is 6.04. The van der Waals surface area contributed by atoms with Gasteiger partial charge in [-0.2, -0.15) is 4.98 Å². The average Bonchev–Trinajstić information content (AvgIpc) is 3.29. The van der Waals surface area contributed by atoms with Gasteiger partial charge in [0, 0.05) is 18.7 Å². The van der Waals surface area contributed by atoms with Crippen LogP contribution in [0.25, 0.3) is 11.4 Å². The van der Waals surface area contributed by atoms with Gasteiger partial charge in [-0.25, -0.2) is 4.39 Å². The van der Waals surface area contributed by atoms with E-state index < -0.39 is 5.82 Å². The van der Waals surface area contributed by atoms with E-state index in [4.69, 9.17) is 9.26 Å². The number of anilines is 1. The zero-order valence-electron chi connectivity index (χ0n) is 14.1. The molecule has 0 aliphatic carbocycles. The fraction of sp³-hybridized carbons (Fsp3) is 0.211. The Hall–Kier alpha value is -3.22. The van der Waals surface area contributed by atoms with Gasteiger partial charge in [-0.3, -0.25) is 4.79 Å². The maximum Gasteiger partial charge on any atom is 0.232 e. The van der Waals surface area contributed by atoms with Crippen LogP contribution in [-0.4, -0.2) is 29.7 Å². The normalized spacial score (nSPS) is 16.9. The smallest absolute Gasteiger partial charge is 0.232 e. The highest BCUT2D eigenvalue weighted by molar-refractivity contribution is 5.96. The number of benzene rings is 2. The predicted molar refractivity (Wildman–Crippen MR) is 92.4 cm³/mol. The molecule has 0 bridgehead atoms. The number of hydrogen-bond acceptors (Lipinski definition) is 5. The molecule has 1 fully saturated rings. The molecule has 2 heterocycles. The van der Waals surface area contributed by atoms with Crippen molar-refractivity contribution >= 4 is 11.6 Å². The minimum atomic E-state index is -0.415. The summed E-state index contributed by atoms with van der Waals surface area (Å²) in [6.07, 6.45) is 0.269. The molecule has 3 aromatic rings. The summed E-state index contributed by atoms with van der Waals surface area (Å²) in [5.41, 5.74) is 1.06. The monoisotopic (exact) mass is 353 g/mol. The molecule has 1 aliphatic rings. The maximum absolute atomic E-state index is 13.9. The number of nitrogens with zero attached hydrogens (tertiary/aromatic N) is 3. The van der Waals surface area contributed by atoms with Crippen molar-refractivity contribution in [1.29, 1.82) is 0 Å². The first-order valence-electron chi connectivity index (χ1n) is 8.18. The van der Waals surface area contributed by atoms with Gasteiger partial charge >= 0.3 is 0 Å². The van der Waals surface area contributed by atoms with E-state index in [1.165, 1.54) is 6.07 Å². The summed E-state index contributed by atoms with van der Waals surface area (Å²) in [7, 11) is 1.59. The van der Waals surface area contributed by atoms with E-state index in [-0.39, 0.29) is 29.6 Å². The van der Waals surface area contributed by atoms with Crippen molar-refractivity contribution in [2.75, 3.05) is 18.6 Å². The van der Waals surface area contributed by atoms with E-state index in [1.807, 2.05) is 12.1 Å². The van der Waals surface area contributed by atoms with Crippen LogP contribution in [0.5, 0.6) is 5.75 Å². The highest BCUT2D eigenvalue weighted by Gasteiger charge is 2.35. The molecule has 2 aromatic carbocycles. The Morgan fingerprint density at radius 1 is 1.19 bits per heavy atom. The number of halogens is 1. The van der Waals surface area contributed by atoms with Gasteiger partial charge in [0.05, 0.1) is 18.6 Å². The van der Waals surface area contributed by atoms with E-state index in [1.54, 1.807) is 42.3 Å². The summed E-state index contributed by atoms with van der Waals surface area (Å²) in [4.78, 5) is 18.4. The van der Waals surface area contributed by atoms with Crippen molar-refractivity contribution in [2.24, 2.45) is 0 Å². The van der Waals surface area contributed by atoms with Gasteiger partial charge < -0.3 is 14.2 Å². The summed E-state index contributed by atoms with van der Waals surface area (Å²) in [6, 6.07) is 13.5. The third kappa shape index (κ3) is 2.92. The van der Waals surface area contributed by atoms with E-state index in [0.717, 1.165) is 11.4 Å². The van der Waals surface area contributed by atoms with E-state index in [2.05, 4.69) is 10.1 Å². The molecule has 1 atom stereocenters. The molecule has 0 saturated carbocycles. The molecule has 4 rings (SSSR count). The van der Waals surface area contributed by atoms with E-state index >= 15 is 0 Å². The van der Waals surface area contributed by atoms with Crippen LogP contribution in [0, 0.1) is 5.82 Å². The lowest BCUT2D eigenvalue weighted by atomic mass is 10.1. The molecule has 1 unspecified atom stereocenters. The molecule has 1 amide bonds. The molecule has 132 valence electrons. The van der Waals surface area contributed by atoms with Gasteiger partial charge in [0.1, 0.15) is 11.6 Å². The SMILES string of the molecule is COc1ccc(N2CC(c3nc(-c4ccccc4F)no3)CC2=O)cc1. The lowest BCUT2D eigenvalue weighted by Gasteiger charge is -2.16. The number of rotatable bonds is 4. The van der Waals surface area contributed by atoms with Crippen LogP contribution in [-0.2, 0) is 4.79 Å². The Morgan fingerprint density at radius 2 is 1.96 bits per heavy atom. The summed E-state index contributed by atoms with van der Waals surface area (Å²) < 4.78 is 24.3. The topological polar surface area (TPSA) is 68.5 Å². The lowest BCUT2D eigenvalue weighted by molar-refractivity contribution is -0.117. The first kappa shape index (κ1) is 16.3. The molecular formula is C19H16FN3O3. The number of ether oxygens (including phenoxy) is 1. The van der Waals surface area contributed by atoms with Crippen LogP contribution in [0.3, 0.4) is 0 Å². The lowest BCUT2D eigenvalue weighted by Crippen LogP contribution is -2.24. The van der Waals surface area contributed by atoms with Crippen molar-refractivity contribution < 1.29 is 18.4 Å². The third-order valence-electron chi connectivity index (χ3n) is 4.41. The maximum atomic E-state index is 13.9. The van der Waals surface area contributed by atoms with Gasteiger partial charge in [0.15, 0.2) is 0 Å². The van der Waals surface area contributed by atoms with Gasteiger partial charge in [-0.05, 0) is 36.4 Å². The molecule has 7 heteroatoms. The molecule has 0 N–H and O–H groups in total. The molecule has 6 nitrogen and oxygen atoms in total. The average molecular weight is 353 g/mol. The van der Waals surface area contributed by atoms with Crippen molar-refractivity contribution in [2.45, 2.75) is 12.3 Å². The zero-order chi connectivity index (χ0) is 18.1. The fourth-order valence-electron chi connectivity index (χ4n) is 3.04. The number of carbonyl (C=O) groups is 1. The number of amides is 1. The Morgan fingerprint density at radius 3 is 2.69 bits per heavy atom. The van der Waals surface area contributed by atoms with Crippen molar-refractivity contribution in [1.82, 2.24) is 10.1 Å². The van der Waals surface area contributed by atoms with Crippen LogP contribution in [0.1, 0.15) is 18.2 Å². The quantitative estimate of drug-likeness (QED) is 0.719. The van der Waals surface area contributed by atoms with Crippen molar-refractivity contribution in [3.05, 3.63) is 60.2 Å². The summed E-state index contributed by atoms with van der Waals surface area (Å²) in [5, 5.41) is 3.86. The minimum absolute atomic E-state index is 0.0224. The largest absolute Gasteiger partial charge is 0.497 e. The van der Waals surface area contributed by atoms with Gasteiger partial charge in [0.2, 0.25) is 17.6 Å². The molecule has 1 saturated heterocycles. The first-order chi connectivity index (χ1) is 12.7. The third-order valence-corrected chi connectivity index (χ3v) is 4.41. The van der Waals surface area contributed by atoms with Gasteiger partial charge in [-0.1, -0.05) is 17.3 Å². The molecule has 26 heavy (non-hydrogen) atoms. The number of methoxy groups -OCH3 is 1. The predicted octanol–water partition coefficient (Wildman–Crippen LogP) is 3.40. The Balaban J connectivity index is 1.55. The first-order valence-corrected chi connectivity index (χ1v) is 8.18.